The number of allylic oxidation sites excluding steroid dienone is 1. The molecule has 6 nitrogen and oxygen atoms in total. The van der Waals surface area contributed by atoms with Gasteiger partial charge in [0.15, 0.2) is 0 Å². The third kappa shape index (κ3) is 4.35. The molecule has 0 amide bonds. The summed E-state index contributed by atoms with van der Waals surface area (Å²) in [4.78, 5) is 2.58. The fraction of sp³-hybridized carbons (Fsp3) is 0.440. The number of sulfonamides is 1. The molecule has 0 saturated carbocycles. The van der Waals surface area contributed by atoms with E-state index in [1.54, 1.807) is 35.7 Å². The van der Waals surface area contributed by atoms with Crippen LogP contribution in [0.5, 0.6) is 5.75 Å². The average Bonchev–Trinajstić information content (AvgIpc) is 2.79. The molecule has 2 aromatic carbocycles. The lowest BCUT2D eigenvalue weighted by molar-refractivity contribution is -0.0553. The normalized spacial score (nSPS) is 25.0. The summed E-state index contributed by atoms with van der Waals surface area (Å²) >= 11 is 0. The van der Waals surface area contributed by atoms with E-state index in [1.165, 1.54) is 0 Å². The van der Waals surface area contributed by atoms with Gasteiger partial charge in [-0.05, 0) is 61.7 Å². The predicted octanol–water partition coefficient (Wildman–Crippen LogP) is 3.34. The van der Waals surface area contributed by atoms with Crippen LogP contribution in [0.1, 0.15) is 36.8 Å². The van der Waals surface area contributed by atoms with Crippen LogP contribution < -0.4 is 4.74 Å². The van der Waals surface area contributed by atoms with Crippen LogP contribution in [0.3, 0.4) is 0 Å². The zero-order chi connectivity index (χ0) is 22.7. The standard InChI is InChI=1S/C25H32N2O4S/c1-3-6-19-7-9-20(10-8-19)25-23-17-26(15-4-5-16-27(23)24(25)18-28)32(29,30)22-13-11-21(31-2)12-14-22/h3,6-14,23-25,28H,4-5,15-18H2,1-2H3/t23-,24-,25+/m1/s1. The number of aliphatic hydroxyl groups is 1. The number of rotatable bonds is 6. The highest BCUT2D eigenvalue weighted by Crippen LogP contribution is 2.42. The van der Waals surface area contributed by atoms with Crippen molar-refractivity contribution in [2.45, 2.75) is 42.7 Å². The molecule has 3 atom stereocenters. The Labute approximate surface area is 191 Å². The molecule has 2 aliphatic heterocycles. The Bertz CT molecular complexity index is 1030. The van der Waals surface area contributed by atoms with E-state index in [0.717, 1.165) is 30.5 Å². The van der Waals surface area contributed by atoms with Gasteiger partial charge in [0.05, 0.1) is 18.6 Å². The van der Waals surface area contributed by atoms with Crippen LogP contribution in [0, 0.1) is 0 Å². The highest BCUT2D eigenvalue weighted by molar-refractivity contribution is 7.89. The lowest BCUT2D eigenvalue weighted by Gasteiger charge is -2.57. The fourth-order valence-electron chi connectivity index (χ4n) is 5.05. The van der Waals surface area contributed by atoms with E-state index in [2.05, 4.69) is 35.2 Å². The fourth-order valence-corrected chi connectivity index (χ4v) is 6.54. The zero-order valence-corrected chi connectivity index (χ0v) is 19.5. The van der Waals surface area contributed by atoms with E-state index in [0.29, 0.717) is 18.8 Å². The summed E-state index contributed by atoms with van der Waals surface area (Å²) in [6, 6.07) is 15.1. The first kappa shape index (κ1) is 23.0. The van der Waals surface area contributed by atoms with Crippen molar-refractivity contribution in [1.82, 2.24) is 9.21 Å². The topological polar surface area (TPSA) is 70.1 Å². The minimum atomic E-state index is -3.61. The maximum absolute atomic E-state index is 13.4. The first-order valence-electron chi connectivity index (χ1n) is 11.2. The largest absolute Gasteiger partial charge is 0.497 e. The first-order valence-corrected chi connectivity index (χ1v) is 12.7. The summed E-state index contributed by atoms with van der Waals surface area (Å²) in [5.74, 6) is 0.736. The third-order valence-electron chi connectivity index (χ3n) is 6.71. The Kier molecular flexibility index (Phi) is 7.00. The second-order valence-corrected chi connectivity index (χ2v) is 10.4. The highest BCUT2D eigenvalue weighted by atomic mass is 32.2. The van der Waals surface area contributed by atoms with Gasteiger partial charge in [0.25, 0.3) is 0 Å². The SMILES string of the molecule is CC=Cc1ccc([C@@H]2[C@@H](CO)N3CCCCN(S(=O)(=O)c4ccc(OC)cc4)C[C@H]23)cc1. The Hall–Kier alpha value is -2.19. The van der Waals surface area contributed by atoms with Crippen molar-refractivity contribution in [3.8, 4) is 5.75 Å². The molecule has 2 heterocycles. The minimum absolute atomic E-state index is 0.0243. The van der Waals surface area contributed by atoms with Gasteiger partial charge in [-0.1, -0.05) is 36.4 Å². The van der Waals surface area contributed by atoms with Crippen LogP contribution in [0.15, 0.2) is 59.5 Å². The van der Waals surface area contributed by atoms with E-state index >= 15 is 0 Å². The number of ether oxygens (including phenoxy) is 1. The first-order chi connectivity index (χ1) is 15.5. The molecule has 2 fully saturated rings. The molecular formula is C25H32N2O4S. The van der Waals surface area contributed by atoms with Crippen molar-refractivity contribution in [2.24, 2.45) is 0 Å². The lowest BCUT2D eigenvalue weighted by Crippen LogP contribution is -2.67. The van der Waals surface area contributed by atoms with Gasteiger partial charge in [0.2, 0.25) is 10.0 Å². The average molecular weight is 457 g/mol. The molecule has 7 heteroatoms. The van der Waals surface area contributed by atoms with Crippen LogP contribution in [0.25, 0.3) is 6.08 Å². The van der Waals surface area contributed by atoms with Crippen LogP contribution in [0.4, 0.5) is 0 Å². The number of nitrogens with zero attached hydrogens (tertiary/aromatic N) is 2. The molecule has 0 unspecified atom stereocenters. The number of fused-ring (bicyclic) bond motifs is 1. The maximum Gasteiger partial charge on any atom is 0.243 e. The minimum Gasteiger partial charge on any atom is -0.497 e. The number of benzene rings is 2. The Morgan fingerprint density at radius 1 is 1.06 bits per heavy atom. The summed E-state index contributed by atoms with van der Waals surface area (Å²) in [6.45, 7) is 3.88. The molecule has 172 valence electrons. The molecule has 0 radical (unpaired) electrons. The van der Waals surface area contributed by atoms with Crippen LogP contribution >= 0.6 is 0 Å². The highest BCUT2D eigenvalue weighted by Gasteiger charge is 2.50. The van der Waals surface area contributed by atoms with Gasteiger partial charge < -0.3 is 9.84 Å². The van der Waals surface area contributed by atoms with Gasteiger partial charge >= 0.3 is 0 Å². The second-order valence-electron chi connectivity index (χ2n) is 8.49. The maximum atomic E-state index is 13.4. The molecule has 32 heavy (non-hydrogen) atoms. The van der Waals surface area contributed by atoms with Crippen molar-refractivity contribution in [1.29, 1.82) is 0 Å². The molecule has 1 N–H and O–H groups in total. The quantitative estimate of drug-likeness (QED) is 0.722. The Morgan fingerprint density at radius 3 is 2.38 bits per heavy atom. The molecule has 4 rings (SSSR count). The molecular weight excluding hydrogens is 424 g/mol. The number of hydrogen-bond donors (Lipinski definition) is 1. The van der Waals surface area contributed by atoms with Gasteiger partial charge in [-0.3, -0.25) is 4.90 Å². The van der Waals surface area contributed by atoms with Crippen molar-refractivity contribution < 1.29 is 18.3 Å². The summed E-state index contributed by atoms with van der Waals surface area (Å²) < 4.78 is 33.7. The van der Waals surface area contributed by atoms with Crippen LogP contribution in [-0.2, 0) is 10.0 Å². The smallest absolute Gasteiger partial charge is 0.243 e. The van der Waals surface area contributed by atoms with Gasteiger partial charge in [-0.15, -0.1) is 0 Å². The van der Waals surface area contributed by atoms with Crippen molar-refractivity contribution >= 4 is 16.1 Å². The third-order valence-corrected chi connectivity index (χ3v) is 8.59. The molecule has 0 aliphatic carbocycles. The molecule has 2 saturated heterocycles. The van der Waals surface area contributed by atoms with E-state index in [4.69, 9.17) is 4.74 Å². The van der Waals surface area contributed by atoms with Crippen molar-refractivity contribution in [2.75, 3.05) is 33.4 Å². The van der Waals surface area contributed by atoms with Gasteiger partial charge in [0, 0.05) is 31.1 Å². The molecule has 2 aliphatic rings. The summed E-state index contributed by atoms with van der Waals surface area (Å²) in [5.41, 5.74) is 2.29. The van der Waals surface area contributed by atoms with Crippen LogP contribution in [0.2, 0.25) is 0 Å². The van der Waals surface area contributed by atoms with E-state index < -0.39 is 10.0 Å². The monoisotopic (exact) mass is 456 g/mol. The number of aliphatic hydroxyl groups excluding tert-OH is 1. The summed E-state index contributed by atoms with van der Waals surface area (Å²) in [5, 5.41) is 10.1. The van der Waals surface area contributed by atoms with E-state index in [1.807, 2.05) is 13.0 Å². The van der Waals surface area contributed by atoms with Gasteiger partial charge in [0.1, 0.15) is 5.75 Å². The van der Waals surface area contributed by atoms with E-state index in [9.17, 15) is 13.5 Å². The Balaban J connectivity index is 1.61. The van der Waals surface area contributed by atoms with Crippen molar-refractivity contribution in [3.63, 3.8) is 0 Å². The summed E-state index contributed by atoms with van der Waals surface area (Å²) in [7, 11) is -2.05. The molecule has 0 bridgehead atoms. The van der Waals surface area contributed by atoms with Gasteiger partial charge in [-0.2, -0.15) is 4.31 Å². The molecule has 0 spiro atoms. The lowest BCUT2D eigenvalue weighted by atomic mass is 9.74. The van der Waals surface area contributed by atoms with Crippen molar-refractivity contribution in [3.05, 3.63) is 65.7 Å². The summed E-state index contributed by atoms with van der Waals surface area (Å²) in [6.07, 6.45) is 5.78. The van der Waals surface area contributed by atoms with E-state index in [-0.39, 0.29) is 29.5 Å². The number of hydrogen-bond acceptors (Lipinski definition) is 5. The van der Waals surface area contributed by atoms with Gasteiger partial charge in [-0.25, -0.2) is 8.42 Å². The Morgan fingerprint density at radius 2 is 1.75 bits per heavy atom. The zero-order valence-electron chi connectivity index (χ0n) is 18.7. The van der Waals surface area contributed by atoms with Crippen LogP contribution in [-0.4, -0.2) is 68.2 Å². The molecule has 2 aromatic rings. The second kappa shape index (κ2) is 9.75. The predicted molar refractivity (Wildman–Crippen MR) is 126 cm³/mol. The number of methoxy groups -OCH3 is 1. The molecule has 0 aromatic heterocycles.